The Labute approximate surface area is 192 Å². The zero-order valence-electron chi connectivity index (χ0n) is 18.2. The van der Waals surface area contributed by atoms with E-state index in [1.165, 1.54) is 25.3 Å². The number of amides is 1. The van der Waals surface area contributed by atoms with Crippen LogP contribution < -0.4 is 0 Å². The molecule has 1 aliphatic carbocycles. The summed E-state index contributed by atoms with van der Waals surface area (Å²) in [4.78, 5) is 16.0. The number of piperazine rings is 1. The minimum absolute atomic E-state index is 0.185. The minimum atomic E-state index is -0.928. The highest BCUT2D eigenvalue weighted by molar-refractivity contribution is 6.37. The molecule has 2 aromatic carbocycles. The Morgan fingerprint density at radius 1 is 1.12 bits per heavy atom. The van der Waals surface area contributed by atoms with Gasteiger partial charge in [0.25, 0.3) is 5.91 Å². The van der Waals surface area contributed by atoms with Gasteiger partial charge in [0.1, 0.15) is 11.6 Å². The quantitative estimate of drug-likeness (QED) is 0.620. The van der Waals surface area contributed by atoms with E-state index in [-0.39, 0.29) is 5.91 Å². The van der Waals surface area contributed by atoms with Crippen molar-refractivity contribution in [2.24, 2.45) is 5.92 Å². The molecule has 1 saturated carbocycles. The van der Waals surface area contributed by atoms with Gasteiger partial charge in [-0.1, -0.05) is 47.1 Å². The summed E-state index contributed by atoms with van der Waals surface area (Å²) in [5.74, 6) is 0.544. The van der Waals surface area contributed by atoms with E-state index in [2.05, 4.69) is 51.6 Å². The van der Waals surface area contributed by atoms with Gasteiger partial charge in [-0.25, -0.2) is 4.68 Å². The van der Waals surface area contributed by atoms with Crippen molar-refractivity contribution < 1.29 is 9.90 Å². The number of aliphatic hydroxyl groups excluding tert-OH is 1. The molecule has 3 aromatic rings. The van der Waals surface area contributed by atoms with Crippen molar-refractivity contribution in [3.05, 3.63) is 47.0 Å². The average molecular weight is 454 g/mol. The molecular formula is C24H28ClN5O2. The van der Waals surface area contributed by atoms with Crippen LogP contribution in [0.15, 0.2) is 36.4 Å². The van der Waals surface area contributed by atoms with Gasteiger partial charge in [-0.15, -0.1) is 5.10 Å². The predicted octanol–water partition coefficient (Wildman–Crippen LogP) is 3.19. The lowest BCUT2D eigenvalue weighted by atomic mass is 10.0. The van der Waals surface area contributed by atoms with E-state index in [1.54, 1.807) is 4.90 Å². The number of rotatable bonds is 6. The number of carbonyl (C=O) groups is 1. The Hall–Kier alpha value is -2.48. The van der Waals surface area contributed by atoms with Crippen LogP contribution in [0, 0.1) is 5.92 Å². The van der Waals surface area contributed by atoms with Gasteiger partial charge in [0.15, 0.2) is 0 Å². The van der Waals surface area contributed by atoms with Crippen molar-refractivity contribution >= 4 is 28.5 Å². The van der Waals surface area contributed by atoms with Crippen LogP contribution in [-0.4, -0.2) is 68.1 Å². The van der Waals surface area contributed by atoms with E-state index >= 15 is 0 Å². The fourth-order valence-electron chi connectivity index (χ4n) is 4.35. The van der Waals surface area contributed by atoms with Gasteiger partial charge in [-0.05, 0) is 42.9 Å². The molecule has 2 aliphatic rings. The molecule has 0 radical (unpaired) electrons. The summed E-state index contributed by atoms with van der Waals surface area (Å²) >= 11 is 6.72. The molecule has 168 valence electrons. The van der Waals surface area contributed by atoms with Crippen molar-refractivity contribution in [3.63, 3.8) is 0 Å². The molecular weight excluding hydrogens is 426 g/mol. The number of fused-ring (bicyclic) bond motifs is 1. The monoisotopic (exact) mass is 453 g/mol. The second-order valence-corrected chi connectivity index (χ2v) is 9.36. The third kappa shape index (κ3) is 4.37. The number of carbonyl (C=O) groups excluding carboxylic acids is 1. The summed E-state index contributed by atoms with van der Waals surface area (Å²) in [7, 11) is 0. The Balaban J connectivity index is 1.25. The van der Waals surface area contributed by atoms with E-state index in [0.717, 1.165) is 54.3 Å². The van der Waals surface area contributed by atoms with Gasteiger partial charge >= 0.3 is 0 Å². The SMILES string of the molecule is C[C@H](O)C(=O)N1CCN(Cc2ccc(-c3ccc4c(nnn4CC4CC4)c3Cl)cc2)CC1. The van der Waals surface area contributed by atoms with Crippen LogP contribution in [0.25, 0.3) is 22.2 Å². The Kier molecular flexibility index (Phi) is 5.88. The first-order valence-corrected chi connectivity index (χ1v) is 11.7. The van der Waals surface area contributed by atoms with E-state index in [1.807, 2.05) is 4.68 Å². The standard InChI is InChI=1S/C24H28ClN5O2/c1-16(31)24(32)29-12-10-28(11-13-29)14-17-4-6-19(7-5-17)20-8-9-21-23(22(20)25)26-27-30(21)15-18-2-3-18/h4-9,16,18,31H,2-3,10-15H2,1H3/t16-/m0/s1. The van der Waals surface area contributed by atoms with Crippen molar-refractivity contribution in [3.8, 4) is 11.1 Å². The second-order valence-electron chi connectivity index (χ2n) is 8.98. The number of aromatic nitrogens is 3. The summed E-state index contributed by atoms with van der Waals surface area (Å²) in [5, 5.41) is 18.8. The number of halogens is 1. The molecule has 0 unspecified atom stereocenters. The molecule has 0 spiro atoms. The molecule has 1 aromatic heterocycles. The first kappa shape index (κ1) is 21.4. The van der Waals surface area contributed by atoms with Crippen LogP contribution in [0.2, 0.25) is 5.02 Å². The summed E-state index contributed by atoms with van der Waals surface area (Å²) < 4.78 is 1.97. The van der Waals surface area contributed by atoms with Crippen LogP contribution in [0.4, 0.5) is 0 Å². The Bertz CT molecular complexity index is 1120. The van der Waals surface area contributed by atoms with Crippen LogP contribution in [0.5, 0.6) is 0 Å². The third-order valence-corrected chi connectivity index (χ3v) is 6.85. The number of nitrogens with zero attached hydrogens (tertiary/aromatic N) is 5. The van der Waals surface area contributed by atoms with Gasteiger partial charge in [0.05, 0.1) is 10.5 Å². The van der Waals surface area contributed by atoms with Crippen LogP contribution in [0.3, 0.4) is 0 Å². The zero-order chi connectivity index (χ0) is 22.2. The normalized spacial score (nSPS) is 18.3. The van der Waals surface area contributed by atoms with Gasteiger partial charge in [-0.2, -0.15) is 0 Å². The summed E-state index contributed by atoms with van der Waals surface area (Å²) in [5.41, 5.74) is 5.00. The molecule has 2 heterocycles. The van der Waals surface area contributed by atoms with E-state index in [4.69, 9.17) is 11.6 Å². The smallest absolute Gasteiger partial charge is 0.251 e. The molecule has 0 bridgehead atoms. The van der Waals surface area contributed by atoms with E-state index < -0.39 is 6.10 Å². The van der Waals surface area contributed by atoms with Gasteiger partial charge in [0, 0.05) is 44.8 Å². The zero-order valence-corrected chi connectivity index (χ0v) is 19.0. The lowest BCUT2D eigenvalue weighted by Gasteiger charge is -2.35. The minimum Gasteiger partial charge on any atom is -0.384 e. The Morgan fingerprint density at radius 3 is 2.50 bits per heavy atom. The number of hydrogen-bond acceptors (Lipinski definition) is 5. The molecule has 1 atom stereocenters. The molecule has 5 rings (SSSR count). The van der Waals surface area contributed by atoms with Crippen LogP contribution in [-0.2, 0) is 17.9 Å². The van der Waals surface area contributed by atoms with Crippen molar-refractivity contribution in [1.29, 1.82) is 0 Å². The summed E-state index contributed by atoms with van der Waals surface area (Å²) in [6.07, 6.45) is 1.62. The number of hydrogen-bond donors (Lipinski definition) is 1. The van der Waals surface area contributed by atoms with E-state index in [0.29, 0.717) is 18.1 Å². The number of benzene rings is 2. The predicted molar refractivity (Wildman–Crippen MR) is 124 cm³/mol. The molecule has 8 heteroatoms. The maximum atomic E-state index is 11.9. The molecule has 32 heavy (non-hydrogen) atoms. The summed E-state index contributed by atoms with van der Waals surface area (Å²) in [6.45, 7) is 6.19. The molecule has 2 fully saturated rings. The van der Waals surface area contributed by atoms with Crippen molar-refractivity contribution in [2.45, 2.75) is 39.0 Å². The molecule has 1 amide bonds. The third-order valence-electron chi connectivity index (χ3n) is 6.47. The highest BCUT2D eigenvalue weighted by Crippen LogP contribution is 2.35. The topological polar surface area (TPSA) is 74.5 Å². The van der Waals surface area contributed by atoms with Gasteiger partial charge < -0.3 is 10.0 Å². The lowest BCUT2D eigenvalue weighted by molar-refractivity contribution is -0.141. The van der Waals surface area contributed by atoms with Gasteiger partial charge in [0.2, 0.25) is 0 Å². The second kappa shape index (κ2) is 8.81. The first-order chi connectivity index (χ1) is 15.5. The molecule has 1 aliphatic heterocycles. The van der Waals surface area contributed by atoms with E-state index in [9.17, 15) is 9.90 Å². The van der Waals surface area contributed by atoms with Gasteiger partial charge in [-0.3, -0.25) is 9.69 Å². The fourth-order valence-corrected chi connectivity index (χ4v) is 4.65. The highest BCUT2D eigenvalue weighted by atomic mass is 35.5. The van der Waals surface area contributed by atoms with Crippen LogP contribution >= 0.6 is 11.6 Å². The largest absolute Gasteiger partial charge is 0.384 e. The molecule has 7 nitrogen and oxygen atoms in total. The first-order valence-electron chi connectivity index (χ1n) is 11.3. The maximum Gasteiger partial charge on any atom is 0.251 e. The average Bonchev–Trinajstić information content (AvgIpc) is 3.53. The van der Waals surface area contributed by atoms with Crippen molar-refractivity contribution in [1.82, 2.24) is 24.8 Å². The fraction of sp³-hybridized carbons (Fsp3) is 0.458. The molecule has 1 saturated heterocycles. The number of aliphatic hydroxyl groups is 1. The van der Waals surface area contributed by atoms with Crippen molar-refractivity contribution in [2.75, 3.05) is 26.2 Å². The Morgan fingerprint density at radius 2 is 1.84 bits per heavy atom. The molecule has 1 N–H and O–H groups in total. The maximum absolute atomic E-state index is 11.9. The summed E-state index contributed by atoms with van der Waals surface area (Å²) in [6, 6.07) is 12.6. The lowest BCUT2D eigenvalue weighted by Crippen LogP contribution is -2.50. The van der Waals surface area contributed by atoms with Crippen LogP contribution in [0.1, 0.15) is 25.3 Å². The highest BCUT2D eigenvalue weighted by Gasteiger charge is 2.25.